The maximum Gasteiger partial charge on any atom is 0.336 e. The smallest absolute Gasteiger partial charge is 0.336 e. The highest BCUT2D eigenvalue weighted by atomic mass is 16.5. The fraction of sp³-hybridized carbons (Fsp3) is 0.348. The van der Waals surface area contributed by atoms with Crippen molar-refractivity contribution in [2.24, 2.45) is 5.41 Å². The van der Waals surface area contributed by atoms with E-state index >= 15 is 0 Å². The molecular weight excluding hydrogens is 366 g/mol. The van der Waals surface area contributed by atoms with Crippen LogP contribution in [0.1, 0.15) is 45.1 Å². The Morgan fingerprint density at radius 2 is 1.93 bits per heavy atom. The number of esters is 1. The number of nitrogens with zero attached hydrogens (tertiary/aromatic N) is 1. The summed E-state index contributed by atoms with van der Waals surface area (Å²) in [6, 6.07) is 9.80. The van der Waals surface area contributed by atoms with Crippen molar-refractivity contribution in [3.05, 3.63) is 64.6 Å². The van der Waals surface area contributed by atoms with Gasteiger partial charge in [0, 0.05) is 29.0 Å². The van der Waals surface area contributed by atoms with Crippen molar-refractivity contribution in [2.45, 2.75) is 39.5 Å². The number of rotatable bonds is 3. The van der Waals surface area contributed by atoms with Crippen LogP contribution in [-0.2, 0) is 14.3 Å². The van der Waals surface area contributed by atoms with Gasteiger partial charge in [0.1, 0.15) is 0 Å². The molecule has 6 heteroatoms. The summed E-state index contributed by atoms with van der Waals surface area (Å²) in [5.41, 5.74) is 5.13. The van der Waals surface area contributed by atoms with Gasteiger partial charge in [0.05, 0.1) is 30.5 Å². The number of carbonyl (C=O) groups is 2. The van der Waals surface area contributed by atoms with Crippen LogP contribution in [0.25, 0.3) is 11.3 Å². The number of hydrogen-bond acceptors (Lipinski definition) is 5. The molecule has 2 aliphatic rings. The lowest BCUT2D eigenvalue weighted by molar-refractivity contribution is -0.136. The quantitative estimate of drug-likeness (QED) is 0.777. The highest BCUT2D eigenvalue weighted by molar-refractivity contribution is 6.04. The molecule has 1 aromatic heterocycles. The third-order valence-electron chi connectivity index (χ3n) is 5.69. The minimum atomic E-state index is -0.517. The minimum Gasteiger partial charge on any atom is -0.466 e. The van der Waals surface area contributed by atoms with Gasteiger partial charge in [-0.05, 0) is 24.3 Å². The van der Waals surface area contributed by atoms with E-state index in [1.807, 2.05) is 37.3 Å². The maximum atomic E-state index is 13.3. The van der Waals surface area contributed by atoms with E-state index in [-0.39, 0.29) is 11.2 Å². The Balaban J connectivity index is 1.93. The van der Waals surface area contributed by atoms with Crippen molar-refractivity contribution in [3.8, 4) is 11.3 Å². The molecule has 29 heavy (non-hydrogen) atoms. The molecule has 1 aliphatic carbocycles. The number of nitrogens with one attached hydrogen (secondary N) is 2. The molecule has 0 saturated carbocycles. The normalized spacial score (nSPS) is 21.0. The summed E-state index contributed by atoms with van der Waals surface area (Å²) in [5, 5.41) is 10.6. The fourth-order valence-electron chi connectivity index (χ4n) is 4.48. The third-order valence-corrected chi connectivity index (χ3v) is 5.69. The van der Waals surface area contributed by atoms with Crippen molar-refractivity contribution < 1.29 is 14.3 Å². The van der Waals surface area contributed by atoms with Gasteiger partial charge in [-0.15, -0.1) is 0 Å². The highest BCUT2D eigenvalue weighted by Crippen LogP contribution is 2.48. The van der Waals surface area contributed by atoms with Crippen LogP contribution in [-0.4, -0.2) is 29.1 Å². The first kappa shape index (κ1) is 19.2. The van der Waals surface area contributed by atoms with Crippen LogP contribution in [0.4, 0.5) is 0 Å². The molecule has 6 nitrogen and oxygen atoms in total. The van der Waals surface area contributed by atoms with Crippen molar-refractivity contribution in [1.82, 2.24) is 15.5 Å². The number of ketones is 1. The second-order valence-electron chi connectivity index (χ2n) is 8.49. The van der Waals surface area contributed by atoms with Crippen LogP contribution in [0.5, 0.6) is 0 Å². The van der Waals surface area contributed by atoms with Crippen molar-refractivity contribution in [1.29, 1.82) is 0 Å². The number of allylic oxidation sites excluding steroid dienone is 3. The average molecular weight is 391 g/mol. The molecule has 4 rings (SSSR count). The number of aromatic nitrogens is 2. The van der Waals surface area contributed by atoms with E-state index in [1.54, 1.807) is 6.20 Å². The summed E-state index contributed by atoms with van der Waals surface area (Å²) in [4.78, 5) is 26.0. The van der Waals surface area contributed by atoms with Crippen molar-refractivity contribution in [3.63, 3.8) is 0 Å². The second kappa shape index (κ2) is 7.03. The SMILES string of the molecule is COC(=O)C1=C(C)NC2=C(C(=O)CC(C)(C)C2)[C@H]1c1cn[nH]c1-c1ccccc1. The number of methoxy groups -OCH3 is 1. The van der Waals surface area contributed by atoms with E-state index in [1.165, 1.54) is 7.11 Å². The lowest BCUT2D eigenvalue weighted by Gasteiger charge is -2.39. The van der Waals surface area contributed by atoms with Crippen LogP contribution in [0.15, 0.2) is 59.1 Å². The first-order chi connectivity index (χ1) is 13.8. The molecule has 0 unspecified atom stereocenters. The van der Waals surface area contributed by atoms with Crippen molar-refractivity contribution in [2.75, 3.05) is 7.11 Å². The second-order valence-corrected chi connectivity index (χ2v) is 8.49. The monoisotopic (exact) mass is 391 g/mol. The largest absolute Gasteiger partial charge is 0.466 e. The summed E-state index contributed by atoms with van der Waals surface area (Å²) in [6.45, 7) is 6.04. The van der Waals surface area contributed by atoms with E-state index in [2.05, 4.69) is 29.4 Å². The Morgan fingerprint density at radius 1 is 1.21 bits per heavy atom. The van der Waals surface area contributed by atoms with E-state index in [9.17, 15) is 9.59 Å². The first-order valence-electron chi connectivity index (χ1n) is 9.73. The summed E-state index contributed by atoms with van der Waals surface area (Å²) in [7, 11) is 1.36. The van der Waals surface area contributed by atoms with E-state index in [0.29, 0.717) is 23.3 Å². The molecule has 0 bridgehead atoms. The number of dihydropyridines is 1. The molecule has 1 aromatic carbocycles. The van der Waals surface area contributed by atoms with Gasteiger partial charge in [-0.25, -0.2) is 4.79 Å². The van der Waals surface area contributed by atoms with Gasteiger partial charge in [-0.3, -0.25) is 9.89 Å². The fourth-order valence-corrected chi connectivity index (χ4v) is 4.48. The molecule has 2 aromatic rings. The highest BCUT2D eigenvalue weighted by Gasteiger charge is 2.44. The Hall–Kier alpha value is -3.15. The van der Waals surface area contributed by atoms with Gasteiger partial charge >= 0.3 is 5.97 Å². The summed E-state index contributed by atoms with van der Waals surface area (Å²) < 4.78 is 5.09. The van der Waals surface area contributed by atoms with Gasteiger partial charge in [-0.2, -0.15) is 5.10 Å². The Bertz CT molecular complexity index is 1040. The lowest BCUT2D eigenvalue weighted by atomic mass is 9.68. The zero-order valence-corrected chi connectivity index (χ0v) is 17.1. The molecule has 0 fully saturated rings. The summed E-state index contributed by atoms with van der Waals surface area (Å²) >= 11 is 0. The van der Waals surface area contributed by atoms with Gasteiger partial charge in [0.25, 0.3) is 0 Å². The standard InChI is InChI=1S/C23H25N3O3/c1-13-18(22(28)29-4)19(20-16(25-13)10-23(2,3)11-17(20)27)15-12-24-26-21(15)14-8-6-5-7-9-14/h5-9,12,19,25H,10-11H2,1-4H3,(H,24,26)/t19-/m0/s1. The summed E-state index contributed by atoms with van der Waals surface area (Å²) in [5.74, 6) is -0.900. The van der Waals surface area contributed by atoms with Crippen molar-refractivity contribution >= 4 is 11.8 Å². The lowest BCUT2D eigenvalue weighted by Crippen LogP contribution is -2.38. The Morgan fingerprint density at radius 3 is 2.62 bits per heavy atom. The van der Waals surface area contributed by atoms with Crippen LogP contribution < -0.4 is 5.32 Å². The molecule has 2 heterocycles. The first-order valence-corrected chi connectivity index (χ1v) is 9.73. The van der Waals surface area contributed by atoms with Gasteiger partial charge < -0.3 is 10.1 Å². The number of Topliss-reactive ketones (excluding diaryl/α,β-unsaturated/α-hetero) is 1. The molecule has 1 atom stereocenters. The number of carbonyl (C=O) groups excluding carboxylic acids is 2. The molecule has 0 saturated heterocycles. The molecule has 1 aliphatic heterocycles. The predicted octanol–water partition coefficient (Wildman–Crippen LogP) is 3.85. The van der Waals surface area contributed by atoms with Gasteiger partial charge in [-0.1, -0.05) is 44.2 Å². The number of aromatic amines is 1. The number of hydrogen-bond donors (Lipinski definition) is 2. The van der Waals surface area contributed by atoms with Crippen LogP contribution >= 0.6 is 0 Å². The molecular formula is C23H25N3O3. The molecule has 150 valence electrons. The van der Waals surface area contributed by atoms with Crippen LogP contribution in [0.2, 0.25) is 0 Å². The number of H-pyrrole nitrogens is 1. The Kier molecular flexibility index (Phi) is 4.65. The zero-order valence-electron chi connectivity index (χ0n) is 17.1. The third kappa shape index (κ3) is 3.28. The topological polar surface area (TPSA) is 84.1 Å². The number of benzene rings is 1. The average Bonchev–Trinajstić information content (AvgIpc) is 3.15. The number of ether oxygens (including phenoxy) is 1. The minimum absolute atomic E-state index is 0.0582. The molecule has 0 radical (unpaired) electrons. The van der Waals surface area contributed by atoms with Gasteiger partial charge in [0.2, 0.25) is 0 Å². The van der Waals surface area contributed by atoms with E-state index in [0.717, 1.165) is 28.9 Å². The zero-order chi connectivity index (χ0) is 20.8. The van der Waals surface area contributed by atoms with E-state index in [4.69, 9.17) is 4.74 Å². The van der Waals surface area contributed by atoms with E-state index < -0.39 is 11.9 Å². The maximum absolute atomic E-state index is 13.3. The van der Waals surface area contributed by atoms with Crippen LogP contribution in [0, 0.1) is 5.41 Å². The molecule has 0 amide bonds. The van der Waals surface area contributed by atoms with Gasteiger partial charge in [0.15, 0.2) is 5.78 Å². The predicted molar refractivity (Wildman–Crippen MR) is 110 cm³/mol. The summed E-state index contributed by atoms with van der Waals surface area (Å²) in [6.07, 6.45) is 2.90. The Labute approximate surface area is 170 Å². The molecule has 0 spiro atoms. The molecule has 2 N–H and O–H groups in total. The van der Waals surface area contributed by atoms with Crippen LogP contribution in [0.3, 0.4) is 0 Å².